The number of nitrogens with zero attached hydrogens (tertiary/aromatic N) is 1. The number of ether oxygens (including phenoxy) is 1. The number of phenolic OH excluding ortho intramolecular Hbond substituents is 1. The molecular formula is C27H23NO5. The first-order chi connectivity index (χ1) is 16.0. The van der Waals surface area contributed by atoms with Crippen LogP contribution in [0.5, 0.6) is 11.5 Å². The third-order valence-corrected chi connectivity index (χ3v) is 6.13. The van der Waals surface area contributed by atoms with Crippen molar-refractivity contribution in [2.45, 2.75) is 19.4 Å². The summed E-state index contributed by atoms with van der Waals surface area (Å²) in [7, 11) is 1.62. The molecule has 0 saturated carbocycles. The van der Waals surface area contributed by atoms with Gasteiger partial charge in [0.05, 0.1) is 24.1 Å². The first-order valence-electron chi connectivity index (χ1n) is 10.8. The van der Waals surface area contributed by atoms with E-state index in [0.717, 1.165) is 22.4 Å². The lowest BCUT2D eigenvalue weighted by molar-refractivity contribution is 0.0730. The minimum atomic E-state index is -0.590. The van der Waals surface area contributed by atoms with E-state index in [1.807, 2.05) is 37.3 Å². The van der Waals surface area contributed by atoms with Gasteiger partial charge in [0, 0.05) is 6.54 Å². The summed E-state index contributed by atoms with van der Waals surface area (Å²) >= 11 is 0. The highest BCUT2D eigenvalue weighted by atomic mass is 16.5. The lowest BCUT2D eigenvalue weighted by Gasteiger charge is -2.25. The minimum Gasteiger partial charge on any atom is -0.508 e. The standard InChI is InChI=1S/C27H23NO5/c1-16-3-12-22-21(15-16)25(30)23-24(18-6-8-19(29)9-7-18)28(27(31)26(23)33-22)14-13-17-4-10-20(32-2)11-5-17/h3-12,15,24,29H,13-14H2,1-2H3/t24-/m1/s1. The molecule has 5 rings (SSSR count). The van der Waals surface area contributed by atoms with Crippen molar-refractivity contribution in [1.29, 1.82) is 0 Å². The predicted molar refractivity (Wildman–Crippen MR) is 125 cm³/mol. The third-order valence-electron chi connectivity index (χ3n) is 6.13. The summed E-state index contributed by atoms with van der Waals surface area (Å²) in [4.78, 5) is 28.7. The van der Waals surface area contributed by atoms with E-state index in [9.17, 15) is 14.7 Å². The van der Waals surface area contributed by atoms with E-state index in [0.29, 0.717) is 29.5 Å². The second-order valence-corrected chi connectivity index (χ2v) is 8.26. The van der Waals surface area contributed by atoms with E-state index < -0.39 is 6.04 Å². The lowest BCUT2D eigenvalue weighted by Crippen LogP contribution is -2.31. The van der Waals surface area contributed by atoms with Crippen LogP contribution in [0.4, 0.5) is 0 Å². The Morgan fingerprint density at radius 1 is 1.00 bits per heavy atom. The van der Waals surface area contributed by atoms with Gasteiger partial charge in [-0.2, -0.15) is 0 Å². The molecule has 1 amide bonds. The van der Waals surface area contributed by atoms with Gasteiger partial charge in [0.25, 0.3) is 5.91 Å². The largest absolute Gasteiger partial charge is 0.508 e. The molecule has 6 nitrogen and oxygen atoms in total. The highest BCUT2D eigenvalue weighted by Crippen LogP contribution is 2.38. The summed E-state index contributed by atoms with van der Waals surface area (Å²) in [6.45, 7) is 2.31. The van der Waals surface area contributed by atoms with Crippen molar-refractivity contribution in [3.63, 3.8) is 0 Å². The van der Waals surface area contributed by atoms with Crippen LogP contribution in [0.3, 0.4) is 0 Å². The van der Waals surface area contributed by atoms with Gasteiger partial charge < -0.3 is 19.2 Å². The van der Waals surface area contributed by atoms with Gasteiger partial charge in [-0.3, -0.25) is 9.59 Å². The number of benzene rings is 3. The molecule has 1 atom stereocenters. The van der Waals surface area contributed by atoms with Crippen molar-refractivity contribution >= 4 is 16.9 Å². The summed E-state index contributed by atoms with van der Waals surface area (Å²) < 4.78 is 11.2. The van der Waals surface area contributed by atoms with Gasteiger partial charge in [-0.25, -0.2) is 0 Å². The molecular weight excluding hydrogens is 418 g/mol. The van der Waals surface area contributed by atoms with Crippen LogP contribution in [0.1, 0.15) is 38.9 Å². The monoisotopic (exact) mass is 441 g/mol. The molecule has 4 aromatic rings. The molecule has 2 heterocycles. The summed E-state index contributed by atoms with van der Waals surface area (Å²) in [6, 6.07) is 19.1. The van der Waals surface area contributed by atoms with Crippen LogP contribution in [0.2, 0.25) is 0 Å². The summed E-state index contributed by atoms with van der Waals surface area (Å²) in [5.41, 5.74) is 3.28. The van der Waals surface area contributed by atoms with E-state index in [2.05, 4.69) is 0 Å². The highest BCUT2D eigenvalue weighted by molar-refractivity contribution is 5.99. The van der Waals surface area contributed by atoms with Crippen molar-refractivity contribution in [1.82, 2.24) is 4.90 Å². The van der Waals surface area contributed by atoms with Crippen LogP contribution in [-0.2, 0) is 6.42 Å². The zero-order valence-corrected chi connectivity index (χ0v) is 18.4. The zero-order valence-electron chi connectivity index (χ0n) is 18.4. The molecule has 33 heavy (non-hydrogen) atoms. The predicted octanol–water partition coefficient (Wildman–Crippen LogP) is 4.60. The van der Waals surface area contributed by atoms with Gasteiger partial charge in [0.1, 0.15) is 17.1 Å². The average molecular weight is 441 g/mol. The summed E-state index contributed by atoms with van der Waals surface area (Å²) in [5, 5.41) is 10.2. The number of phenols is 1. The number of hydrogen-bond acceptors (Lipinski definition) is 5. The van der Waals surface area contributed by atoms with Crippen molar-refractivity contribution < 1.29 is 19.1 Å². The Morgan fingerprint density at radius 3 is 2.42 bits per heavy atom. The molecule has 0 aliphatic carbocycles. The Labute approximate surface area is 190 Å². The third kappa shape index (κ3) is 3.63. The fraction of sp³-hybridized carbons (Fsp3) is 0.185. The Morgan fingerprint density at radius 2 is 1.73 bits per heavy atom. The van der Waals surface area contributed by atoms with Gasteiger partial charge in [0.2, 0.25) is 5.76 Å². The Balaban J connectivity index is 1.60. The van der Waals surface area contributed by atoms with Gasteiger partial charge >= 0.3 is 0 Å². The van der Waals surface area contributed by atoms with Gasteiger partial charge in [-0.1, -0.05) is 35.9 Å². The number of amides is 1. The molecule has 6 heteroatoms. The number of fused-ring (bicyclic) bond motifs is 2. The fourth-order valence-corrected chi connectivity index (χ4v) is 4.41. The number of rotatable bonds is 5. The number of aryl methyl sites for hydroxylation is 1. The quantitative estimate of drug-likeness (QED) is 0.490. The van der Waals surface area contributed by atoms with E-state index in [1.54, 1.807) is 48.4 Å². The maximum atomic E-state index is 13.6. The van der Waals surface area contributed by atoms with Crippen LogP contribution < -0.4 is 10.2 Å². The molecule has 1 aliphatic rings. The molecule has 1 aliphatic heterocycles. The molecule has 0 saturated heterocycles. The second kappa shape index (κ2) is 8.13. The maximum Gasteiger partial charge on any atom is 0.290 e. The van der Waals surface area contributed by atoms with Crippen LogP contribution >= 0.6 is 0 Å². The molecule has 0 fully saturated rings. The Hall–Kier alpha value is -4.06. The molecule has 3 aromatic carbocycles. The van der Waals surface area contributed by atoms with Crippen LogP contribution in [0, 0.1) is 6.92 Å². The summed E-state index contributed by atoms with van der Waals surface area (Å²) in [5.74, 6) is 0.664. The number of aromatic hydroxyl groups is 1. The number of methoxy groups -OCH3 is 1. The lowest BCUT2D eigenvalue weighted by atomic mass is 9.98. The van der Waals surface area contributed by atoms with Crippen LogP contribution in [0.25, 0.3) is 11.0 Å². The molecule has 0 unspecified atom stereocenters. The molecule has 1 aromatic heterocycles. The van der Waals surface area contributed by atoms with Crippen LogP contribution in [-0.4, -0.2) is 29.6 Å². The Kier molecular flexibility index (Phi) is 5.13. The minimum absolute atomic E-state index is 0.0872. The SMILES string of the molecule is COc1ccc(CCN2C(=O)c3oc4ccc(C)cc4c(=O)c3[C@H]2c2ccc(O)cc2)cc1. The van der Waals surface area contributed by atoms with E-state index in [1.165, 1.54) is 0 Å². The fourth-order valence-electron chi connectivity index (χ4n) is 4.41. The smallest absolute Gasteiger partial charge is 0.290 e. The van der Waals surface area contributed by atoms with Crippen molar-refractivity contribution in [3.05, 3.63) is 105 Å². The van der Waals surface area contributed by atoms with Gasteiger partial charge in [-0.05, 0) is 60.9 Å². The second-order valence-electron chi connectivity index (χ2n) is 8.26. The summed E-state index contributed by atoms with van der Waals surface area (Å²) in [6.07, 6.45) is 0.602. The Bertz CT molecular complexity index is 1400. The number of carbonyl (C=O) groups is 1. The first kappa shape index (κ1) is 20.8. The highest BCUT2D eigenvalue weighted by Gasteiger charge is 2.42. The molecule has 1 N–H and O–H groups in total. The van der Waals surface area contributed by atoms with E-state index in [-0.39, 0.29) is 22.8 Å². The normalized spacial score (nSPS) is 15.2. The van der Waals surface area contributed by atoms with Crippen LogP contribution in [0.15, 0.2) is 75.9 Å². The van der Waals surface area contributed by atoms with Crippen molar-refractivity contribution in [2.24, 2.45) is 0 Å². The van der Waals surface area contributed by atoms with Gasteiger partial charge in [0.15, 0.2) is 5.43 Å². The van der Waals surface area contributed by atoms with Crippen molar-refractivity contribution in [3.8, 4) is 11.5 Å². The molecule has 0 radical (unpaired) electrons. The average Bonchev–Trinajstić information content (AvgIpc) is 3.11. The number of carbonyl (C=O) groups excluding carboxylic acids is 1. The maximum absolute atomic E-state index is 13.6. The molecule has 0 bridgehead atoms. The van der Waals surface area contributed by atoms with Gasteiger partial charge in [-0.15, -0.1) is 0 Å². The first-order valence-corrected chi connectivity index (χ1v) is 10.8. The van der Waals surface area contributed by atoms with E-state index in [4.69, 9.17) is 9.15 Å². The number of hydrogen-bond donors (Lipinski definition) is 1. The molecule has 166 valence electrons. The molecule has 0 spiro atoms. The van der Waals surface area contributed by atoms with Crippen molar-refractivity contribution in [2.75, 3.05) is 13.7 Å². The van der Waals surface area contributed by atoms with E-state index >= 15 is 0 Å². The zero-order chi connectivity index (χ0) is 23.1. The topological polar surface area (TPSA) is 80.0 Å².